The third-order valence-electron chi connectivity index (χ3n) is 1.64. The Morgan fingerprint density at radius 2 is 2.64 bits per heavy atom. The highest BCUT2D eigenvalue weighted by molar-refractivity contribution is 5.54. The van der Waals surface area contributed by atoms with E-state index in [1.807, 2.05) is 0 Å². The first-order valence-electron chi connectivity index (χ1n) is 9.88. The summed E-state index contributed by atoms with van der Waals surface area (Å²) in [6.45, 7) is -6.98. The molecule has 1 saturated heterocycles. The van der Waals surface area contributed by atoms with E-state index < -0.39 is 44.2 Å². The maximum Gasteiger partial charge on any atom is 0.0575 e. The molecule has 1 aromatic heterocycles. The summed E-state index contributed by atoms with van der Waals surface area (Å²) in [5.41, 5.74) is 5.06. The minimum Gasteiger partial charge on any atom is -0.397 e. The predicted octanol–water partition coefficient (Wildman–Crippen LogP) is 2.04. The first kappa shape index (κ1) is 2.65. The topological polar surface area (TPSA) is 42.2 Å². The fourth-order valence-electron chi connectivity index (χ4n) is 1.05. The van der Waals surface area contributed by atoms with Gasteiger partial charge >= 0.3 is 0 Å². The molecule has 76 valence electrons. The Labute approximate surface area is 102 Å². The average Bonchev–Trinajstić information content (AvgIpc) is 2.44. The molecule has 0 saturated carbocycles. The quantitative estimate of drug-likeness (QED) is 0.759. The molecule has 1 atom stereocenters. The minimum atomic E-state index is -3.65. The van der Waals surface area contributed by atoms with E-state index in [1.165, 1.54) is 0 Å². The summed E-state index contributed by atoms with van der Waals surface area (Å²) < 4.78 is 95.3. The molecule has 1 aliphatic heterocycles. The number of hydrogen-bond acceptors (Lipinski definition) is 3. The van der Waals surface area contributed by atoms with Crippen LogP contribution >= 0.6 is 0 Å². The molecule has 0 aromatic carbocycles. The summed E-state index contributed by atoms with van der Waals surface area (Å²) in [5.74, 6) is 0. The highest BCUT2D eigenvalue weighted by atomic mass is 15.2. The van der Waals surface area contributed by atoms with Gasteiger partial charge in [-0.3, -0.25) is 4.98 Å². The van der Waals surface area contributed by atoms with Gasteiger partial charge in [0.05, 0.1) is 18.9 Å². The normalized spacial score (nSPS) is 55.6. The zero-order valence-electron chi connectivity index (χ0n) is 19.2. The molecular weight excluding hydrogens is 174 g/mol. The van der Waals surface area contributed by atoms with Crippen molar-refractivity contribution in [3.63, 3.8) is 0 Å². The fraction of sp³-hybridized carbons (Fsp3) is 0.545. The number of nitrogen functional groups attached to an aromatic ring is 1. The Hall–Kier alpha value is -1.25. The number of hydrogen-bond donors (Lipinski definition) is 1. The molecule has 0 radical (unpaired) electrons. The molecule has 1 fully saturated rings. The first-order valence-corrected chi connectivity index (χ1v) is 3.88. The Morgan fingerprint density at radius 1 is 1.71 bits per heavy atom. The van der Waals surface area contributed by atoms with E-state index in [0.29, 0.717) is 0 Å². The van der Waals surface area contributed by atoms with Gasteiger partial charge in [-0.15, -0.1) is 0 Å². The van der Waals surface area contributed by atoms with Gasteiger partial charge in [0.2, 0.25) is 0 Å². The number of nitrogens with two attached hydrogens (primary N) is 1. The second kappa shape index (κ2) is 3.86. The maximum atomic E-state index is 8.40. The molecule has 2 N–H and O–H groups in total. The van der Waals surface area contributed by atoms with Crippen LogP contribution in [0.15, 0.2) is 18.5 Å². The Kier molecular flexibility index (Phi) is 0.732. The summed E-state index contributed by atoms with van der Waals surface area (Å²) in [6.07, 6.45) is -8.76. The van der Waals surface area contributed by atoms with Gasteiger partial charge in [-0.1, -0.05) is 0 Å². The van der Waals surface area contributed by atoms with Gasteiger partial charge in [-0.25, -0.2) is 0 Å². The molecule has 0 aliphatic carbocycles. The molecule has 1 aliphatic rings. The van der Waals surface area contributed by atoms with Gasteiger partial charge < -0.3 is 10.6 Å². The van der Waals surface area contributed by atoms with E-state index in [9.17, 15) is 0 Å². The fourth-order valence-corrected chi connectivity index (χ4v) is 1.05. The molecule has 1 unspecified atom stereocenters. The van der Waals surface area contributed by atoms with Crippen molar-refractivity contribution in [3.05, 3.63) is 18.5 Å². The van der Waals surface area contributed by atoms with Crippen molar-refractivity contribution >= 4 is 11.4 Å². The van der Waals surface area contributed by atoms with Gasteiger partial charge in [-0.05, 0) is 32.0 Å². The van der Waals surface area contributed by atoms with Crippen LogP contribution < -0.4 is 10.6 Å². The molecule has 3 heteroatoms. The molecule has 0 spiro atoms. The smallest absolute Gasteiger partial charge is 0.0575 e. The summed E-state index contributed by atoms with van der Waals surface area (Å²) >= 11 is 0. The van der Waals surface area contributed by atoms with Crippen molar-refractivity contribution in [1.82, 2.24) is 4.98 Å². The van der Waals surface area contributed by atoms with E-state index in [-0.39, 0.29) is 10.6 Å². The Balaban J connectivity index is 2.97. The Bertz CT molecular complexity index is 715. The second-order valence-corrected chi connectivity index (χ2v) is 2.65. The summed E-state index contributed by atoms with van der Waals surface area (Å²) in [4.78, 5) is 3.75. The van der Waals surface area contributed by atoms with Gasteiger partial charge in [0.25, 0.3) is 0 Å². The van der Waals surface area contributed by atoms with Crippen LogP contribution in [0.5, 0.6) is 0 Å². The lowest BCUT2D eigenvalue weighted by Crippen LogP contribution is -2.37. The highest BCUT2D eigenvalue weighted by Crippen LogP contribution is 2.24. The lowest BCUT2D eigenvalue weighted by atomic mass is 10.0. The summed E-state index contributed by atoms with van der Waals surface area (Å²) in [6, 6.07) is -2.50. The van der Waals surface area contributed by atoms with Gasteiger partial charge in [0.15, 0.2) is 0 Å². The van der Waals surface area contributed by atoms with Gasteiger partial charge in [0, 0.05) is 33.8 Å². The van der Waals surface area contributed by atoms with Crippen LogP contribution in [-0.4, -0.2) is 17.5 Å². The first-order chi connectivity index (χ1) is 11.4. The monoisotopic (exact) mass is 203 g/mol. The number of anilines is 2. The van der Waals surface area contributed by atoms with Crippen molar-refractivity contribution in [3.8, 4) is 0 Å². The Morgan fingerprint density at radius 3 is 3.43 bits per heavy atom. The van der Waals surface area contributed by atoms with Crippen molar-refractivity contribution in [2.24, 2.45) is 0 Å². The van der Waals surface area contributed by atoms with Crippen molar-refractivity contribution in [1.29, 1.82) is 0 Å². The molecule has 3 nitrogen and oxygen atoms in total. The molecule has 14 heavy (non-hydrogen) atoms. The molecular formula is C11H17N3. The van der Waals surface area contributed by atoms with Gasteiger partial charge in [-0.2, -0.15) is 0 Å². The minimum absolute atomic E-state index is 0.0547. The number of pyridine rings is 1. The van der Waals surface area contributed by atoms with Crippen molar-refractivity contribution < 1.29 is 16.4 Å². The number of piperidine rings is 1. The van der Waals surface area contributed by atoms with E-state index in [0.717, 1.165) is 18.5 Å². The van der Waals surface area contributed by atoms with Crippen LogP contribution in [0.1, 0.15) is 42.4 Å². The van der Waals surface area contributed by atoms with Gasteiger partial charge in [0.1, 0.15) is 0 Å². The number of rotatable bonds is 1. The standard InChI is InChI=1S/C11H17N3/c1-9-4-2-3-5-14(9)11-6-10(12)7-13-8-11/h6-9H,2-5,12H2,1H3/i1D3,2D2,3D2,4D2,5D2,9D. The highest BCUT2D eigenvalue weighted by Gasteiger charge is 2.18. The second-order valence-electron chi connectivity index (χ2n) is 2.65. The van der Waals surface area contributed by atoms with E-state index in [4.69, 9.17) is 22.2 Å². The lowest BCUT2D eigenvalue weighted by molar-refractivity contribution is 0.484. The van der Waals surface area contributed by atoms with E-state index in [1.54, 1.807) is 0 Å². The summed E-state index contributed by atoms with van der Waals surface area (Å²) in [5, 5.41) is 0. The van der Waals surface area contributed by atoms with Crippen LogP contribution in [0.25, 0.3) is 0 Å². The third-order valence-corrected chi connectivity index (χ3v) is 1.64. The lowest BCUT2D eigenvalue weighted by Gasteiger charge is -2.35. The predicted molar refractivity (Wildman–Crippen MR) is 59.3 cm³/mol. The van der Waals surface area contributed by atoms with Crippen molar-refractivity contribution in [2.45, 2.75) is 32.0 Å². The molecule has 0 bridgehead atoms. The van der Waals surface area contributed by atoms with E-state index >= 15 is 0 Å². The molecule has 1 aromatic rings. The average molecular weight is 203 g/mol. The van der Waals surface area contributed by atoms with Crippen LogP contribution in [0.2, 0.25) is 0 Å². The molecule has 0 amide bonds. The molecule has 2 rings (SSSR count). The third kappa shape index (κ3) is 1.81. The van der Waals surface area contributed by atoms with E-state index in [2.05, 4.69) is 4.98 Å². The summed E-state index contributed by atoms with van der Waals surface area (Å²) in [7, 11) is 0. The van der Waals surface area contributed by atoms with Crippen LogP contribution in [0, 0.1) is 0 Å². The van der Waals surface area contributed by atoms with Crippen LogP contribution in [0.4, 0.5) is 11.4 Å². The SMILES string of the molecule is [2H]C([2H])([2H])C1([2H])N(c2cncc(N)c2)C([2H])([2H])C([2H])([2H])C([2H])([2H])C1([2H])[2H]. The number of aromatic nitrogens is 1. The van der Waals surface area contributed by atoms with Crippen LogP contribution in [-0.2, 0) is 0 Å². The van der Waals surface area contributed by atoms with Crippen molar-refractivity contribution in [2.75, 3.05) is 17.1 Å². The maximum absolute atomic E-state index is 8.40. The number of nitrogens with zero attached hydrogens (tertiary/aromatic N) is 2. The zero-order valence-corrected chi connectivity index (χ0v) is 7.20. The largest absolute Gasteiger partial charge is 0.397 e. The zero-order chi connectivity index (χ0) is 20.6. The van der Waals surface area contributed by atoms with Crippen LogP contribution in [0.3, 0.4) is 0 Å². The molecule has 2 heterocycles.